The van der Waals surface area contributed by atoms with E-state index >= 15 is 0 Å². The Bertz CT molecular complexity index is 8.00. The monoisotopic (exact) mass is 368 g/mol. The van der Waals surface area contributed by atoms with Crippen LogP contribution in [0.1, 0.15) is 0 Å². The summed E-state index contributed by atoms with van der Waals surface area (Å²) in [5.41, 5.74) is 0. The molecule has 0 nitrogen and oxygen atoms in total. The molecule has 0 spiro atoms. The summed E-state index contributed by atoms with van der Waals surface area (Å²) >= 11 is 0. The summed E-state index contributed by atoms with van der Waals surface area (Å²) in [6.45, 7) is 0. The maximum absolute atomic E-state index is 0. The number of rotatable bonds is 0. The minimum atomic E-state index is 0. The fourth-order valence-corrected chi connectivity index (χ4v) is 0. The maximum atomic E-state index is 0. The fourth-order valence-electron chi connectivity index (χ4n) is 0. The van der Waals surface area contributed by atoms with Crippen molar-refractivity contribution in [3.05, 3.63) is 0 Å². The summed E-state index contributed by atoms with van der Waals surface area (Å²) in [5, 5.41) is 0. The molecule has 0 unspecified atom stereocenters. The predicted molar refractivity (Wildman–Crippen MR) is 17.1 cm³/mol. The summed E-state index contributed by atoms with van der Waals surface area (Å²) in [4.78, 5) is 0. The van der Waals surface area contributed by atoms with Gasteiger partial charge < -0.3 is 0 Å². The standard InChI is InChI=1S/Ba.Sr.Ti.Zr.4H. The van der Waals surface area contributed by atoms with Crippen LogP contribution >= 0.6 is 0 Å². The molecule has 0 fully saturated rings. The Morgan fingerprint density at radius 3 is 1.00 bits per heavy atom. The summed E-state index contributed by atoms with van der Waals surface area (Å²) in [6, 6.07) is 0. The first-order valence-corrected chi connectivity index (χ1v) is 0. The van der Waals surface area contributed by atoms with Crippen LogP contribution in [0.3, 0.4) is 0 Å². The molecule has 0 aromatic heterocycles. The summed E-state index contributed by atoms with van der Waals surface area (Å²) < 4.78 is 0. The van der Waals surface area contributed by atoms with Crippen molar-refractivity contribution in [3.63, 3.8) is 0 Å². The quantitative estimate of drug-likeness (QED) is 0.441. The molecule has 0 aliphatic heterocycles. The van der Waals surface area contributed by atoms with Gasteiger partial charge in [-0.2, -0.15) is 0 Å². The van der Waals surface area contributed by atoms with E-state index in [2.05, 4.69) is 0 Å². The van der Waals surface area contributed by atoms with Crippen molar-refractivity contribution in [1.29, 1.82) is 0 Å². The van der Waals surface area contributed by atoms with Crippen molar-refractivity contribution in [2.45, 2.75) is 0 Å². The molecule has 0 aromatic carbocycles. The van der Waals surface area contributed by atoms with Crippen LogP contribution < -0.4 is 0 Å². The van der Waals surface area contributed by atoms with Gasteiger partial charge in [-0.05, 0) is 0 Å². The van der Waals surface area contributed by atoms with Gasteiger partial charge in [0.1, 0.15) is 0 Å². The molecule has 4 heavy (non-hydrogen) atoms. The molecule has 0 heterocycles. The molecule has 0 aromatic rings. The third-order valence-corrected chi connectivity index (χ3v) is 0. The minimum absolute atomic E-state index is 0. The van der Waals surface area contributed by atoms with Crippen LogP contribution in [-0.2, 0) is 47.9 Å². The van der Waals surface area contributed by atoms with E-state index in [9.17, 15) is 0 Å². The van der Waals surface area contributed by atoms with Gasteiger partial charge in [-0.25, -0.2) is 0 Å². The molecular formula is H4BaSrTiZr. The van der Waals surface area contributed by atoms with E-state index in [1.807, 2.05) is 0 Å². The van der Waals surface area contributed by atoms with E-state index in [-0.39, 0.29) is 142 Å². The van der Waals surface area contributed by atoms with E-state index < -0.39 is 0 Å². The maximum Gasteiger partial charge on any atom is 0 e. The first kappa shape index (κ1) is 23.4. The van der Waals surface area contributed by atoms with Crippen molar-refractivity contribution in [3.8, 4) is 0 Å². The smallest absolute Gasteiger partial charge is 0 e. The fraction of sp³-hybridized carbons (Fsp3) is 0. The Morgan fingerprint density at radius 2 is 1.00 bits per heavy atom. The van der Waals surface area contributed by atoms with Gasteiger partial charge in [0.05, 0.1) is 0 Å². The summed E-state index contributed by atoms with van der Waals surface area (Å²) in [7, 11) is 0. The molecule has 0 atom stereocenters. The second-order valence-corrected chi connectivity index (χ2v) is 0. The molecule has 0 amide bonds. The third-order valence-electron chi connectivity index (χ3n) is 0. The SMILES string of the molecule is [BaH2].[SrH2].[Ti].[Zr]. The van der Waals surface area contributed by atoms with E-state index in [0.717, 1.165) is 0 Å². The van der Waals surface area contributed by atoms with Gasteiger partial charge in [-0.15, -0.1) is 0 Å². The van der Waals surface area contributed by atoms with Crippen molar-refractivity contribution < 1.29 is 47.9 Å². The molecule has 0 rings (SSSR count). The molecule has 0 aliphatic rings. The Balaban J connectivity index is 0. The van der Waals surface area contributed by atoms with E-state index in [0.29, 0.717) is 0 Å². The van der Waals surface area contributed by atoms with Crippen molar-refractivity contribution >= 4 is 94.4 Å². The molecule has 0 saturated carbocycles. The summed E-state index contributed by atoms with van der Waals surface area (Å²) in [5.74, 6) is 0. The van der Waals surface area contributed by atoms with Crippen LogP contribution in [-0.4, -0.2) is 94.4 Å². The Kier molecular flexibility index (Phi) is 91.6. The van der Waals surface area contributed by atoms with Crippen LogP contribution in [0, 0.1) is 0 Å². The molecule has 0 bridgehead atoms. The summed E-state index contributed by atoms with van der Waals surface area (Å²) in [6.07, 6.45) is 0. The molecule has 0 saturated heterocycles. The molecule has 0 aliphatic carbocycles. The van der Waals surface area contributed by atoms with Gasteiger partial charge >= 0.3 is 94.4 Å². The Morgan fingerprint density at radius 1 is 1.00 bits per heavy atom. The van der Waals surface area contributed by atoms with Crippen molar-refractivity contribution in [2.24, 2.45) is 0 Å². The molecular weight excluding hydrogens is 364 g/mol. The van der Waals surface area contributed by atoms with Crippen LogP contribution in [0.15, 0.2) is 0 Å². The van der Waals surface area contributed by atoms with E-state index in [1.54, 1.807) is 0 Å². The first-order chi connectivity index (χ1) is 0. The third kappa shape index (κ3) is 9.82. The van der Waals surface area contributed by atoms with Crippen LogP contribution in [0.4, 0.5) is 0 Å². The van der Waals surface area contributed by atoms with Crippen molar-refractivity contribution in [2.75, 3.05) is 0 Å². The van der Waals surface area contributed by atoms with E-state index in [4.69, 9.17) is 0 Å². The van der Waals surface area contributed by atoms with Crippen LogP contribution in [0.5, 0.6) is 0 Å². The average molecular weight is 368 g/mol. The number of hydrogen-bond acceptors (Lipinski definition) is 0. The van der Waals surface area contributed by atoms with Crippen LogP contribution in [0.25, 0.3) is 0 Å². The van der Waals surface area contributed by atoms with Gasteiger partial charge in [0, 0.05) is 47.9 Å². The molecule has 0 N–H and O–H groups in total. The Labute approximate surface area is 138 Å². The van der Waals surface area contributed by atoms with Gasteiger partial charge in [0.2, 0.25) is 0 Å². The van der Waals surface area contributed by atoms with Gasteiger partial charge in [0.15, 0.2) is 0 Å². The van der Waals surface area contributed by atoms with Gasteiger partial charge in [-0.3, -0.25) is 0 Å². The predicted octanol–water partition coefficient (Wildman–Crippen LogP) is -1.84. The van der Waals surface area contributed by atoms with Gasteiger partial charge in [0.25, 0.3) is 0 Å². The van der Waals surface area contributed by atoms with Gasteiger partial charge in [-0.1, -0.05) is 0 Å². The zero-order valence-corrected chi connectivity index (χ0v) is 5.02. The Hall–Kier alpha value is 4.65. The topological polar surface area (TPSA) is 0 Å². The molecule has 16 valence electrons. The average Bonchev–Trinajstić information content (AvgIpc) is 0. The first-order valence-electron chi connectivity index (χ1n) is 0. The molecule has 0 radical (unpaired) electrons. The van der Waals surface area contributed by atoms with Crippen molar-refractivity contribution in [1.82, 2.24) is 0 Å². The minimum Gasteiger partial charge on any atom is 0 e. The van der Waals surface area contributed by atoms with E-state index in [1.165, 1.54) is 0 Å². The molecule has 4 heteroatoms. The normalized spacial score (nSPS) is 0. The second-order valence-electron chi connectivity index (χ2n) is 0. The van der Waals surface area contributed by atoms with Crippen LogP contribution in [0.2, 0.25) is 0 Å². The number of hydrogen-bond donors (Lipinski definition) is 0. The zero-order valence-electron chi connectivity index (χ0n) is 1.00. The second kappa shape index (κ2) is 15.6. The zero-order chi connectivity index (χ0) is 0. The largest absolute Gasteiger partial charge is 0 e.